The van der Waals surface area contributed by atoms with Gasteiger partial charge in [-0.15, -0.1) is 6.58 Å². The van der Waals surface area contributed by atoms with Crippen LogP contribution in [0.1, 0.15) is 31.7 Å². The highest BCUT2D eigenvalue weighted by molar-refractivity contribution is 5.76. The number of anilines is 2. The Morgan fingerprint density at radius 3 is 2.93 bits per heavy atom. The van der Waals surface area contributed by atoms with Crippen molar-refractivity contribution < 1.29 is 18.0 Å². The second-order valence-corrected chi connectivity index (χ2v) is 6.68. The van der Waals surface area contributed by atoms with Gasteiger partial charge in [0.25, 0.3) is 0 Å². The normalized spacial score (nSPS) is 16.4. The number of aromatic nitrogens is 2. The van der Waals surface area contributed by atoms with Gasteiger partial charge in [0.05, 0.1) is 0 Å². The van der Waals surface area contributed by atoms with Crippen molar-refractivity contribution in [2.24, 2.45) is 0 Å². The monoisotopic (exact) mass is 400 g/mol. The van der Waals surface area contributed by atoms with Crippen molar-refractivity contribution in [1.82, 2.24) is 20.2 Å². The zero-order valence-electron chi connectivity index (χ0n) is 16.0. The van der Waals surface area contributed by atoms with E-state index in [-0.39, 0.29) is 30.3 Å². The molecule has 0 aromatic carbocycles. The molecule has 0 spiro atoms. The third kappa shape index (κ3) is 6.66. The Labute approximate surface area is 162 Å². The quantitative estimate of drug-likeness (QED) is 0.437. The first-order valence-corrected chi connectivity index (χ1v) is 9.35. The molecule has 28 heavy (non-hydrogen) atoms. The Kier molecular flexibility index (Phi) is 8.04. The Bertz CT molecular complexity index is 667. The van der Waals surface area contributed by atoms with E-state index in [0.717, 1.165) is 12.7 Å². The van der Waals surface area contributed by atoms with Crippen LogP contribution in [0.4, 0.5) is 24.9 Å². The number of hydrogen-bond donors (Lipinski definition) is 3. The van der Waals surface area contributed by atoms with Gasteiger partial charge < -0.3 is 20.9 Å². The summed E-state index contributed by atoms with van der Waals surface area (Å²) in [4.78, 5) is 21.4. The zero-order chi connectivity index (χ0) is 20.6. The van der Waals surface area contributed by atoms with Crippen molar-refractivity contribution in [2.45, 2.75) is 38.4 Å². The van der Waals surface area contributed by atoms with Crippen molar-refractivity contribution in [3.05, 3.63) is 24.4 Å². The lowest BCUT2D eigenvalue weighted by atomic mass is 10.2. The Morgan fingerprint density at radius 2 is 2.21 bits per heavy atom. The molecule has 1 aliphatic rings. The van der Waals surface area contributed by atoms with Gasteiger partial charge in [-0.25, -0.2) is 4.98 Å². The summed E-state index contributed by atoms with van der Waals surface area (Å²) >= 11 is 0. The summed E-state index contributed by atoms with van der Waals surface area (Å²) in [6.45, 7) is 8.23. The van der Waals surface area contributed by atoms with Crippen molar-refractivity contribution in [3.63, 3.8) is 0 Å². The molecule has 2 heterocycles. The van der Waals surface area contributed by atoms with Gasteiger partial charge in [0.2, 0.25) is 11.9 Å². The van der Waals surface area contributed by atoms with Gasteiger partial charge in [-0.2, -0.15) is 18.2 Å². The van der Waals surface area contributed by atoms with E-state index in [1.54, 1.807) is 11.0 Å². The molecule has 1 aromatic rings. The van der Waals surface area contributed by atoms with Gasteiger partial charge in [0.15, 0.2) is 0 Å². The predicted molar refractivity (Wildman–Crippen MR) is 102 cm³/mol. The fourth-order valence-corrected chi connectivity index (χ4v) is 2.85. The van der Waals surface area contributed by atoms with Gasteiger partial charge in [-0.3, -0.25) is 4.79 Å². The molecular weight excluding hydrogens is 373 g/mol. The van der Waals surface area contributed by atoms with Crippen LogP contribution in [-0.4, -0.2) is 59.5 Å². The van der Waals surface area contributed by atoms with Gasteiger partial charge in [0.1, 0.15) is 11.4 Å². The molecule has 1 unspecified atom stereocenters. The SMILES string of the molecule is C=CCC(C)Nc1ncc(C(F)(F)F)c(NCCCN2CCNCCC2=O)n1. The van der Waals surface area contributed by atoms with Crippen LogP contribution < -0.4 is 16.0 Å². The third-order valence-electron chi connectivity index (χ3n) is 4.31. The summed E-state index contributed by atoms with van der Waals surface area (Å²) in [5.41, 5.74) is -0.913. The second-order valence-electron chi connectivity index (χ2n) is 6.68. The molecule has 7 nitrogen and oxygen atoms in total. The van der Waals surface area contributed by atoms with Crippen LogP contribution in [0.5, 0.6) is 0 Å². The number of carbonyl (C=O) groups excluding carboxylic acids is 1. The lowest BCUT2D eigenvalue weighted by Gasteiger charge is -2.21. The zero-order valence-corrected chi connectivity index (χ0v) is 16.0. The van der Waals surface area contributed by atoms with E-state index in [1.807, 2.05) is 6.92 Å². The summed E-state index contributed by atoms with van der Waals surface area (Å²) in [6, 6.07) is -0.0512. The number of nitrogens with one attached hydrogen (secondary N) is 3. The summed E-state index contributed by atoms with van der Waals surface area (Å²) in [5, 5.41) is 8.85. The Balaban J connectivity index is 1.98. The summed E-state index contributed by atoms with van der Waals surface area (Å²) in [5.74, 6) is -0.0796. The van der Waals surface area contributed by atoms with Crippen LogP contribution >= 0.6 is 0 Å². The molecule has 1 saturated heterocycles. The number of nitrogens with zero attached hydrogens (tertiary/aromatic N) is 3. The van der Waals surface area contributed by atoms with Crippen LogP contribution in [-0.2, 0) is 11.0 Å². The molecular formula is C18H27F3N6O. The van der Waals surface area contributed by atoms with E-state index in [1.165, 1.54) is 0 Å². The van der Waals surface area contributed by atoms with E-state index in [2.05, 4.69) is 32.5 Å². The Morgan fingerprint density at radius 1 is 1.43 bits per heavy atom. The maximum atomic E-state index is 13.2. The molecule has 1 amide bonds. The molecule has 1 aromatic heterocycles. The molecule has 2 rings (SSSR count). The standard InChI is InChI=1S/C18H27F3N6O/c1-3-5-13(2)25-17-24-12-14(18(19,20)21)16(26-17)23-7-4-10-27-11-9-22-8-6-15(27)28/h3,12-13,22H,1,4-11H2,2H3,(H2,23,24,25,26). The maximum Gasteiger partial charge on any atom is 0.421 e. The minimum atomic E-state index is -4.56. The van der Waals surface area contributed by atoms with E-state index in [9.17, 15) is 18.0 Å². The van der Waals surface area contributed by atoms with Crippen molar-refractivity contribution in [2.75, 3.05) is 43.4 Å². The average Bonchev–Trinajstić information content (AvgIpc) is 2.82. The highest BCUT2D eigenvalue weighted by atomic mass is 19.4. The molecule has 1 atom stereocenters. The number of halogens is 3. The number of carbonyl (C=O) groups is 1. The van der Waals surface area contributed by atoms with Gasteiger partial charge >= 0.3 is 6.18 Å². The van der Waals surface area contributed by atoms with Crippen molar-refractivity contribution in [3.8, 4) is 0 Å². The van der Waals surface area contributed by atoms with Crippen LogP contribution in [0.15, 0.2) is 18.9 Å². The third-order valence-corrected chi connectivity index (χ3v) is 4.31. The average molecular weight is 400 g/mol. The first kappa shape index (κ1) is 21.9. The van der Waals surface area contributed by atoms with Crippen LogP contribution in [0.25, 0.3) is 0 Å². The lowest BCUT2D eigenvalue weighted by molar-refractivity contribution is -0.137. The van der Waals surface area contributed by atoms with Gasteiger partial charge in [-0.05, 0) is 19.8 Å². The summed E-state index contributed by atoms with van der Waals surface area (Å²) < 4.78 is 39.7. The van der Waals surface area contributed by atoms with Crippen molar-refractivity contribution in [1.29, 1.82) is 0 Å². The van der Waals surface area contributed by atoms with Crippen LogP contribution in [0.2, 0.25) is 0 Å². The maximum absolute atomic E-state index is 13.2. The largest absolute Gasteiger partial charge is 0.421 e. The molecule has 0 bridgehead atoms. The minimum absolute atomic E-state index is 0.0512. The van der Waals surface area contributed by atoms with Crippen LogP contribution in [0, 0.1) is 0 Å². The molecule has 0 saturated carbocycles. The molecule has 0 aliphatic carbocycles. The second kappa shape index (κ2) is 10.3. The molecule has 10 heteroatoms. The van der Waals surface area contributed by atoms with E-state index >= 15 is 0 Å². The molecule has 1 aliphatic heterocycles. The number of alkyl halides is 3. The smallest absolute Gasteiger partial charge is 0.369 e. The molecule has 0 radical (unpaired) electrons. The summed E-state index contributed by atoms with van der Waals surface area (Å²) in [6.07, 6.45) is -0.479. The summed E-state index contributed by atoms with van der Waals surface area (Å²) in [7, 11) is 0. The molecule has 1 fully saturated rings. The first-order chi connectivity index (χ1) is 13.3. The Hall–Kier alpha value is -2.36. The van der Waals surface area contributed by atoms with E-state index < -0.39 is 11.7 Å². The fourth-order valence-electron chi connectivity index (χ4n) is 2.85. The minimum Gasteiger partial charge on any atom is -0.369 e. The fraction of sp³-hybridized carbons (Fsp3) is 0.611. The van der Waals surface area contributed by atoms with Gasteiger partial charge in [-0.1, -0.05) is 6.08 Å². The van der Waals surface area contributed by atoms with E-state index in [4.69, 9.17) is 0 Å². The topological polar surface area (TPSA) is 82.2 Å². The molecule has 156 valence electrons. The molecule has 3 N–H and O–H groups in total. The predicted octanol–water partition coefficient (Wildman–Crippen LogP) is 2.50. The lowest BCUT2D eigenvalue weighted by Crippen LogP contribution is -2.34. The number of hydrogen-bond acceptors (Lipinski definition) is 6. The van der Waals surface area contributed by atoms with Crippen LogP contribution in [0.3, 0.4) is 0 Å². The number of amides is 1. The highest BCUT2D eigenvalue weighted by Crippen LogP contribution is 2.33. The highest BCUT2D eigenvalue weighted by Gasteiger charge is 2.35. The van der Waals surface area contributed by atoms with E-state index in [0.29, 0.717) is 38.9 Å². The van der Waals surface area contributed by atoms with Crippen molar-refractivity contribution >= 4 is 17.7 Å². The van der Waals surface area contributed by atoms with Gasteiger partial charge in [0, 0.05) is 51.4 Å². The number of rotatable bonds is 9. The first-order valence-electron chi connectivity index (χ1n) is 9.35.